The van der Waals surface area contributed by atoms with Gasteiger partial charge in [-0.1, -0.05) is 0 Å². The molecule has 0 aromatic rings. The van der Waals surface area contributed by atoms with Gasteiger partial charge in [-0.3, -0.25) is 10.1 Å². The summed E-state index contributed by atoms with van der Waals surface area (Å²) in [6.45, 7) is 10.1. The molecule has 0 aromatic carbocycles. The molecule has 18 heavy (non-hydrogen) atoms. The van der Waals surface area contributed by atoms with E-state index in [1.165, 1.54) is 0 Å². The van der Waals surface area contributed by atoms with Crippen molar-refractivity contribution in [3.8, 4) is 0 Å². The van der Waals surface area contributed by atoms with E-state index in [1.807, 2.05) is 0 Å². The van der Waals surface area contributed by atoms with Crippen LogP contribution in [0.25, 0.3) is 0 Å². The van der Waals surface area contributed by atoms with Gasteiger partial charge in [0.25, 0.3) is 0 Å². The Bertz CT molecular complexity index is 297. The van der Waals surface area contributed by atoms with E-state index < -0.39 is 35.7 Å². The van der Waals surface area contributed by atoms with Crippen molar-refractivity contribution in [1.82, 2.24) is 0 Å². The molecule has 1 unspecified atom stereocenters. The van der Waals surface area contributed by atoms with Crippen molar-refractivity contribution in [1.29, 1.82) is 0 Å². The SMILES string of the molecule is CC(C)(C)OC(=O)CC(OO)C(=O)OC(C)(C)C. The lowest BCUT2D eigenvalue weighted by Crippen LogP contribution is -2.36. The van der Waals surface area contributed by atoms with Gasteiger partial charge < -0.3 is 9.47 Å². The molecule has 0 amide bonds. The van der Waals surface area contributed by atoms with Crippen LogP contribution in [0, 0.1) is 0 Å². The molecule has 0 radical (unpaired) electrons. The minimum Gasteiger partial charge on any atom is -0.460 e. The lowest BCUT2D eigenvalue weighted by Gasteiger charge is -2.23. The van der Waals surface area contributed by atoms with Crippen LogP contribution in [0.5, 0.6) is 0 Å². The monoisotopic (exact) mass is 262 g/mol. The molecule has 0 rings (SSSR count). The Morgan fingerprint density at radius 3 is 1.78 bits per heavy atom. The van der Waals surface area contributed by atoms with Crippen LogP contribution in [0.4, 0.5) is 0 Å². The molecular formula is C12H22O6. The summed E-state index contributed by atoms with van der Waals surface area (Å²) in [6.07, 6.45) is -1.78. The molecule has 0 aromatic heterocycles. The van der Waals surface area contributed by atoms with Crippen molar-refractivity contribution >= 4 is 11.9 Å². The van der Waals surface area contributed by atoms with Crippen LogP contribution in [-0.4, -0.2) is 34.5 Å². The molecule has 6 heteroatoms. The highest BCUT2D eigenvalue weighted by molar-refractivity contribution is 5.82. The van der Waals surface area contributed by atoms with E-state index in [2.05, 4.69) is 4.89 Å². The van der Waals surface area contributed by atoms with E-state index in [0.29, 0.717) is 0 Å². The third-order valence-corrected chi connectivity index (χ3v) is 1.57. The van der Waals surface area contributed by atoms with Gasteiger partial charge in [-0.25, -0.2) is 9.68 Å². The summed E-state index contributed by atoms with van der Waals surface area (Å²) < 4.78 is 10.0. The molecule has 0 saturated heterocycles. The quantitative estimate of drug-likeness (QED) is 0.473. The average Bonchev–Trinajstić information content (AvgIpc) is 2.07. The normalized spacial score (nSPS) is 13.9. The lowest BCUT2D eigenvalue weighted by molar-refractivity contribution is -0.281. The number of carbonyl (C=O) groups excluding carboxylic acids is 2. The van der Waals surface area contributed by atoms with Crippen molar-refractivity contribution in [2.75, 3.05) is 0 Å². The first kappa shape index (κ1) is 16.9. The fraction of sp³-hybridized carbons (Fsp3) is 0.833. The summed E-state index contributed by atoms with van der Waals surface area (Å²) >= 11 is 0. The fourth-order valence-electron chi connectivity index (χ4n) is 1.07. The molecule has 0 heterocycles. The van der Waals surface area contributed by atoms with Gasteiger partial charge in [0.1, 0.15) is 11.2 Å². The van der Waals surface area contributed by atoms with Crippen LogP contribution in [0.1, 0.15) is 48.0 Å². The Kier molecular flexibility index (Phi) is 5.76. The molecule has 0 bridgehead atoms. The Morgan fingerprint density at radius 2 is 1.44 bits per heavy atom. The molecule has 1 N–H and O–H groups in total. The van der Waals surface area contributed by atoms with Crippen LogP contribution in [-0.2, 0) is 24.0 Å². The number of hydrogen-bond acceptors (Lipinski definition) is 6. The van der Waals surface area contributed by atoms with Crippen LogP contribution in [0.2, 0.25) is 0 Å². The number of carbonyl (C=O) groups is 2. The minimum absolute atomic E-state index is 0.400. The summed E-state index contributed by atoms with van der Waals surface area (Å²) in [4.78, 5) is 27.0. The predicted octanol–water partition coefficient (Wildman–Crippen LogP) is 1.92. The van der Waals surface area contributed by atoms with Crippen molar-refractivity contribution in [3.63, 3.8) is 0 Å². The van der Waals surface area contributed by atoms with Crippen LogP contribution < -0.4 is 0 Å². The third-order valence-electron chi connectivity index (χ3n) is 1.57. The van der Waals surface area contributed by atoms with E-state index >= 15 is 0 Å². The van der Waals surface area contributed by atoms with Crippen LogP contribution >= 0.6 is 0 Å². The largest absolute Gasteiger partial charge is 0.460 e. The van der Waals surface area contributed by atoms with Crippen molar-refractivity contribution in [3.05, 3.63) is 0 Å². The van der Waals surface area contributed by atoms with Gasteiger partial charge in [0.2, 0.25) is 0 Å². The van der Waals surface area contributed by atoms with E-state index in [-0.39, 0.29) is 0 Å². The molecular weight excluding hydrogens is 240 g/mol. The molecule has 106 valence electrons. The second-order valence-corrected chi connectivity index (χ2v) is 5.92. The highest BCUT2D eigenvalue weighted by Crippen LogP contribution is 2.14. The summed E-state index contributed by atoms with van der Waals surface area (Å²) in [6, 6.07) is 0. The summed E-state index contributed by atoms with van der Waals surface area (Å²) in [5, 5.41) is 8.63. The van der Waals surface area contributed by atoms with Gasteiger partial charge in [0.15, 0.2) is 6.10 Å². The first-order valence-corrected chi connectivity index (χ1v) is 5.69. The highest BCUT2D eigenvalue weighted by atomic mass is 17.1. The Morgan fingerprint density at radius 1 is 1.00 bits per heavy atom. The number of esters is 2. The number of ether oxygens (including phenoxy) is 2. The van der Waals surface area contributed by atoms with E-state index in [9.17, 15) is 9.59 Å². The summed E-state index contributed by atoms with van der Waals surface area (Å²) in [5.74, 6) is -1.46. The van der Waals surface area contributed by atoms with Gasteiger partial charge in [0, 0.05) is 0 Å². The molecule has 0 saturated carbocycles. The standard InChI is InChI=1S/C12H22O6/c1-11(2,3)16-9(13)7-8(18-15)10(14)17-12(4,5)6/h8,15H,7H2,1-6H3. The molecule has 0 aliphatic carbocycles. The van der Waals surface area contributed by atoms with E-state index in [0.717, 1.165) is 0 Å². The zero-order valence-electron chi connectivity index (χ0n) is 11.8. The van der Waals surface area contributed by atoms with Crippen molar-refractivity contribution in [2.45, 2.75) is 65.3 Å². The predicted molar refractivity (Wildman–Crippen MR) is 63.8 cm³/mol. The maximum Gasteiger partial charge on any atom is 0.339 e. The van der Waals surface area contributed by atoms with Crippen LogP contribution in [0.15, 0.2) is 0 Å². The first-order valence-electron chi connectivity index (χ1n) is 5.69. The topological polar surface area (TPSA) is 82.1 Å². The van der Waals surface area contributed by atoms with Crippen molar-refractivity contribution < 1.29 is 29.2 Å². The van der Waals surface area contributed by atoms with Crippen LogP contribution in [0.3, 0.4) is 0 Å². The maximum atomic E-state index is 11.6. The summed E-state index contributed by atoms with van der Waals surface area (Å²) in [5.41, 5.74) is -1.38. The Balaban J connectivity index is 4.44. The summed E-state index contributed by atoms with van der Waals surface area (Å²) in [7, 11) is 0. The average molecular weight is 262 g/mol. The zero-order valence-corrected chi connectivity index (χ0v) is 11.8. The Labute approximate surface area is 107 Å². The molecule has 0 spiro atoms. The van der Waals surface area contributed by atoms with E-state index in [1.54, 1.807) is 41.5 Å². The number of rotatable bonds is 4. The van der Waals surface area contributed by atoms with Gasteiger partial charge in [-0.2, -0.15) is 0 Å². The fourth-order valence-corrected chi connectivity index (χ4v) is 1.07. The lowest BCUT2D eigenvalue weighted by atomic mass is 10.1. The number of hydrogen-bond donors (Lipinski definition) is 1. The van der Waals surface area contributed by atoms with Gasteiger partial charge in [-0.05, 0) is 41.5 Å². The second-order valence-electron chi connectivity index (χ2n) is 5.92. The third kappa shape index (κ3) is 8.03. The Hall–Kier alpha value is -1.14. The highest BCUT2D eigenvalue weighted by Gasteiger charge is 2.30. The molecule has 0 aliphatic rings. The maximum absolute atomic E-state index is 11.6. The second kappa shape index (κ2) is 6.15. The zero-order chi connectivity index (χ0) is 14.6. The molecule has 0 aliphatic heterocycles. The van der Waals surface area contributed by atoms with E-state index in [4.69, 9.17) is 14.7 Å². The first-order chi connectivity index (χ1) is 7.94. The van der Waals surface area contributed by atoms with Gasteiger partial charge >= 0.3 is 11.9 Å². The molecule has 1 atom stereocenters. The van der Waals surface area contributed by atoms with Gasteiger partial charge in [-0.15, -0.1) is 0 Å². The molecule has 0 fully saturated rings. The van der Waals surface area contributed by atoms with Gasteiger partial charge in [0.05, 0.1) is 6.42 Å². The smallest absolute Gasteiger partial charge is 0.339 e. The molecule has 6 nitrogen and oxygen atoms in total. The minimum atomic E-state index is -1.38. The van der Waals surface area contributed by atoms with Crippen molar-refractivity contribution in [2.24, 2.45) is 0 Å².